The molecule has 150 valence electrons. The highest BCUT2D eigenvalue weighted by Gasteiger charge is 2.32. The van der Waals surface area contributed by atoms with E-state index >= 15 is 0 Å². The van der Waals surface area contributed by atoms with Crippen LogP contribution in [-0.2, 0) is 11.3 Å². The predicted octanol–water partition coefficient (Wildman–Crippen LogP) is 3.77. The fourth-order valence-corrected chi connectivity index (χ4v) is 3.94. The maximum Gasteiger partial charge on any atom is 0.241 e. The average Bonchev–Trinajstić information content (AvgIpc) is 2.72. The van der Waals surface area contributed by atoms with E-state index < -0.39 is 0 Å². The minimum Gasteiger partial charge on any atom is -0.338 e. The van der Waals surface area contributed by atoms with Crippen LogP contribution in [0, 0.1) is 0 Å². The lowest BCUT2D eigenvalue weighted by Crippen LogP contribution is -2.58. The third kappa shape index (κ3) is 5.00. The van der Waals surface area contributed by atoms with Crippen LogP contribution in [0.25, 0.3) is 10.8 Å². The molecule has 1 unspecified atom stereocenters. The third-order valence-corrected chi connectivity index (χ3v) is 5.68. The van der Waals surface area contributed by atoms with Gasteiger partial charge < -0.3 is 4.90 Å². The number of benzene rings is 2. The summed E-state index contributed by atoms with van der Waals surface area (Å²) >= 11 is 0. The summed E-state index contributed by atoms with van der Waals surface area (Å²) < 4.78 is 0. The fourth-order valence-electron chi connectivity index (χ4n) is 3.94. The zero-order valence-corrected chi connectivity index (χ0v) is 17.3. The number of nitrogens with zero attached hydrogens (tertiary/aromatic N) is 3. The molecule has 1 fully saturated rings. The van der Waals surface area contributed by atoms with Gasteiger partial charge in [-0.2, -0.15) is 0 Å². The van der Waals surface area contributed by atoms with E-state index in [0.29, 0.717) is 6.54 Å². The van der Waals surface area contributed by atoms with Crippen LogP contribution in [0.4, 0.5) is 0 Å². The summed E-state index contributed by atoms with van der Waals surface area (Å²) in [6, 6.07) is 15.1. The van der Waals surface area contributed by atoms with Gasteiger partial charge in [0.2, 0.25) is 5.91 Å². The molecule has 3 rings (SSSR count). The Labute approximate surface area is 169 Å². The zero-order chi connectivity index (χ0) is 19.9. The number of carbonyl (C=O) groups is 1. The lowest BCUT2D eigenvalue weighted by molar-refractivity contribution is -0.138. The van der Waals surface area contributed by atoms with Gasteiger partial charge in [0.1, 0.15) is 6.04 Å². The van der Waals surface area contributed by atoms with Gasteiger partial charge in [-0.3, -0.25) is 14.6 Å². The van der Waals surface area contributed by atoms with E-state index in [1.807, 2.05) is 11.0 Å². The highest BCUT2D eigenvalue weighted by atomic mass is 16.2. The van der Waals surface area contributed by atoms with Crippen molar-refractivity contribution in [2.75, 3.05) is 39.8 Å². The first-order valence-corrected chi connectivity index (χ1v) is 10.4. The van der Waals surface area contributed by atoms with Crippen molar-refractivity contribution in [1.82, 2.24) is 14.7 Å². The number of unbranched alkanes of at least 4 members (excludes halogenated alkanes) is 1. The van der Waals surface area contributed by atoms with E-state index in [-0.39, 0.29) is 11.9 Å². The first-order chi connectivity index (χ1) is 13.6. The molecule has 0 spiro atoms. The van der Waals surface area contributed by atoms with Gasteiger partial charge in [0, 0.05) is 39.3 Å². The lowest BCUT2D eigenvalue weighted by atomic mass is 10.1. The number of amides is 1. The molecule has 1 amide bonds. The minimum atomic E-state index is -0.0778. The molecule has 0 radical (unpaired) electrons. The Balaban J connectivity index is 1.68. The molecule has 28 heavy (non-hydrogen) atoms. The van der Waals surface area contributed by atoms with Crippen molar-refractivity contribution in [1.29, 1.82) is 0 Å². The van der Waals surface area contributed by atoms with Crippen molar-refractivity contribution in [2.45, 2.75) is 32.4 Å². The molecule has 1 aliphatic heterocycles. The van der Waals surface area contributed by atoms with Crippen LogP contribution in [-0.4, -0.2) is 66.4 Å². The number of rotatable bonds is 8. The second-order valence-electron chi connectivity index (χ2n) is 7.84. The van der Waals surface area contributed by atoms with Crippen LogP contribution in [0.1, 0.15) is 25.3 Å². The summed E-state index contributed by atoms with van der Waals surface area (Å²) in [5.41, 5.74) is 1.31. The zero-order valence-electron chi connectivity index (χ0n) is 17.3. The van der Waals surface area contributed by atoms with E-state index in [4.69, 9.17) is 0 Å². The first-order valence-electron chi connectivity index (χ1n) is 10.4. The topological polar surface area (TPSA) is 26.8 Å². The molecule has 4 nitrogen and oxygen atoms in total. The Morgan fingerprint density at radius 2 is 2.00 bits per heavy atom. The van der Waals surface area contributed by atoms with Gasteiger partial charge >= 0.3 is 0 Å². The van der Waals surface area contributed by atoms with Crippen molar-refractivity contribution < 1.29 is 4.79 Å². The molecule has 0 aromatic heterocycles. The molecule has 0 saturated carbocycles. The molecule has 1 aliphatic rings. The summed E-state index contributed by atoms with van der Waals surface area (Å²) in [6.45, 7) is 11.0. The molecule has 1 saturated heterocycles. The molecule has 1 atom stereocenters. The Kier molecular flexibility index (Phi) is 7.24. The second kappa shape index (κ2) is 9.85. The standard InChI is InChI=1S/C24H33N3O/c1-4-6-14-27(13-5-2)24(28)23-19-26(16-15-25(23)3)18-20-11-12-21-9-7-8-10-22(21)17-20/h5,7-12,17,23H,2,4,6,13-16,18-19H2,1,3H3. The summed E-state index contributed by atoms with van der Waals surface area (Å²) in [5, 5.41) is 2.55. The van der Waals surface area contributed by atoms with Crippen molar-refractivity contribution in [2.24, 2.45) is 0 Å². The fraction of sp³-hybridized carbons (Fsp3) is 0.458. The summed E-state index contributed by atoms with van der Waals surface area (Å²) in [4.78, 5) is 19.8. The summed E-state index contributed by atoms with van der Waals surface area (Å²) in [5.74, 6) is 0.235. The average molecular weight is 380 g/mol. The van der Waals surface area contributed by atoms with Crippen LogP contribution in [0.5, 0.6) is 0 Å². The Morgan fingerprint density at radius 1 is 1.21 bits per heavy atom. The number of hydrogen-bond acceptors (Lipinski definition) is 3. The molecule has 0 N–H and O–H groups in total. The number of piperazine rings is 1. The molecule has 4 heteroatoms. The van der Waals surface area contributed by atoms with Crippen LogP contribution in [0.15, 0.2) is 55.1 Å². The molecule has 0 aliphatic carbocycles. The Bertz CT molecular complexity index is 803. The number of likely N-dealkylation sites (N-methyl/N-ethyl adjacent to an activating group) is 1. The summed E-state index contributed by atoms with van der Waals surface area (Å²) in [6.07, 6.45) is 3.97. The van der Waals surface area contributed by atoms with E-state index in [9.17, 15) is 4.79 Å². The lowest BCUT2D eigenvalue weighted by Gasteiger charge is -2.40. The van der Waals surface area contributed by atoms with Crippen molar-refractivity contribution >= 4 is 16.7 Å². The molecule has 1 heterocycles. The van der Waals surface area contributed by atoms with Gasteiger partial charge in [-0.15, -0.1) is 6.58 Å². The van der Waals surface area contributed by atoms with Gasteiger partial charge in [-0.05, 0) is 35.9 Å². The van der Waals surface area contributed by atoms with Gasteiger partial charge in [0.05, 0.1) is 0 Å². The van der Waals surface area contributed by atoms with E-state index in [1.54, 1.807) is 0 Å². The third-order valence-electron chi connectivity index (χ3n) is 5.68. The van der Waals surface area contributed by atoms with Gasteiger partial charge in [0.15, 0.2) is 0 Å². The van der Waals surface area contributed by atoms with Crippen LogP contribution in [0.3, 0.4) is 0 Å². The number of carbonyl (C=O) groups excluding carboxylic acids is 1. The van der Waals surface area contributed by atoms with Crippen LogP contribution < -0.4 is 0 Å². The first kappa shape index (κ1) is 20.6. The van der Waals surface area contributed by atoms with Crippen LogP contribution >= 0.6 is 0 Å². The number of hydrogen-bond donors (Lipinski definition) is 0. The Morgan fingerprint density at radius 3 is 2.75 bits per heavy atom. The highest BCUT2D eigenvalue weighted by Crippen LogP contribution is 2.19. The quantitative estimate of drug-likeness (QED) is 0.653. The molecular weight excluding hydrogens is 346 g/mol. The molecule has 2 aromatic carbocycles. The van der Waals surface area contributed by atoms with Crippen LogP contribution in [0.2, 0.25) is 0 Å². The van der Waals surface area contributed by atoms with Crippen molar-refractivity contribution in [3.63, 3.8) is 0 Å². The molecular formula is C24H33N3O. The molecule has 2 aromatic rings. The molecule has 0 bridgehead atoms. The Hall–Kier alpha value is -2.17. The van der Waals surface area contributed by atoms with Crippen molar-refractivity contribution in [3.05, 3.63) is 60.7 Å². The van der Waals surface area contributed by atoms with Gasteiger partial charge in [-0.1, -0.05) is 55.8 Å². The maximum atomic E-state index is 13.2. The largest absolute Gasteiger partial charge is 0.338 e. The smallest absolute Gasteiger partial charge is 0.241 e. The van der Waals surface area contributed by atoms with E-state index in [0.717, 1.165) is 45.6 Å². The monoisotopic (exact) mass is 379 g/mol. The SMILES string of the molecule is C=CCN(CCCC)C(=O)C1CN(Cc2ccc3ccccc3c2)CCN1C. The normalized spacial score (nSPS) is 18.3. The van der Waals surface area contributed by atoms with Gasteiger partial charge in [-0.25, -0.2) is 0 Å². The highest BCUT2D eigenvalue weighted by molar-refractivity contribution is 5.83. The van der Waals surface area contributed by atoms with E-state index in [2.05, 4.69) is 72.8 Å². The predicted molar refractivity (Wildman–Crippen MR) is 117 cm³/mol. The summed E-state index contributed by atoms with van der Waals surface area (Å²) in [7, 11) is 2.07. The minimum absolute atomic E-state index is 0.0778. The van der Waals surface area contributed by atoms with Gasteiger partial charge in [0.25, 0.3) is 0 Å². The maximum absolute atomic E-state index is 13.2. The van der Waals surface area contributed by atoms with Crippen molar-refractivity contribution in [3.8, 4) is 0 Å². The second-order valence-corrected chi connectivity index (χ2v) is 7.84. The van der Waals surface area contributed by atoms with E-state index in [1.165, 1.54) is 16.3 Å². The number of fused-ring (bicyclic) bond motifs is 1.